The van der Waals surface area contributed by atoms with E-state index in [-0.39, 0.29) is 17.9 Å². The molecule has 1 fully saturated rings. The Kier molecular flexibility index (Phi) is 4.66. The number of hydrogen-bond acceptors (Lipinski definition) is 2. The highest BCUT2D eigenvalue weighted by Gasteiger charge is 2.41. The molecule has 2 rings (SSSR count). The number of rotatable bonds is 4. The number of benzene rings is 1. The summed E-state index contributed by atoms with van der Waals surface area (Å²) in [6, 6.07) is 7.90. The molecule has 0 bridgehead atoms. The molecule has 0 aliphatic heterocycles. The first kappa shape index (κ1) is 15.5. The van der Waals surface area contributed by atoms with Gasteiger partial charge in [-0.1, -0.05) is 36.8 Å². The molecule has 4 nitrogen and oxygen atoms in total. The maximum absolute atomic E-state index is 12.4. The summed E-state index contributed by atoms with van der Waals surface area (Å²) in [7, 11) is 0. The molecule has 21 heavy (non-hydrogen) atoms. The first-order chi connectivity index (χ1) is 9.88. The molecule has 0 spiro atoms. The molecular weight excluding hydrogens is 266 g/mol. The van der Waals surface area contributed by atoms with Crippen LogP contribution in [-0.4, -0.2) is 17.0 Å². The van der Waals surface area contributed by atoms with Crippen LogP contribution in [-0.2, 0) is 9.59 Å². The van der Waals surface area contributed by atoms with Gasteiger partial charge in [0.25, 0.3) is 0 Å². The van der Waals surface area contributed by atoms with E-state index in [1.54, 1.807) is 0 Å². The molecule has 2 N–H and O–H groups in total. The van der Waals surface area contributed by atoms with Crippen molar-refractivity contribution in [3.63, 3.8) is 0 Å². The summed E-state index contributed by atoms with van der Waals surface area (Å²) in [4.78, 5) is 23.7. The van der Waals surface area contributed by atoms with Crippen LogP contribution in [0.4, 0.5) is 0 Å². The van der Waals surface area contributed by atoms with E-state index in [2.05, 4.69) is 5.32 Å². The third-order valence-corrected chi connectivity index (χ3v) is 4.39. The monoisotopic (exact) mass is 289 g/mol. The van der Waals surface area contributed by atoms with Crippen LogP contribution < -0.4 is 5.32 Å². The number of nitrogens with one attached hydrogen (secondary N) is 1. The second-order valence-corrected chi connectivity index (χ2v) is 6.27. The van der Waals surface area contributed by atoms with Gasteiger partial charge in [-0.25, -0.2) is 0 Å². The molecule has 1 aromatic carbocycles. The fourth-order valence-corrected chi connectivity index (χ4v) is 3.11. The molecule has 1 unspecified atom stereocenters. The van der Waals surface area contributed by atoms with E-state index in [1.165, 1.54) is 5.56 Å². The van der Waals surface area contributed by atoms with E-state index in [1.807, 2.05) is 45.0 Å². The Bertz CT molecular complexity index is 523. The molecule has 1 aromatic rings. The van der Waals surface area contributed by atoms with Crippen molar-refractivity contribution in [2.75, 3.05) is 0 Å². The Morgan fingerprint density at radius 1 is 1.19 bits per heavy atom. The third-order valence-electron chi connectivity index (χ3n) is 4.39. The zero-order chi connectivity index (χ0) is 15.6. The molecule has 4 atom stereocenters. The lowest BCUT2D eigenvalue weighted by molar-refractivity contribution is -0.146. The van der Waals surface area contributed by atoms with E-state index < -0.39 is 17.8 Å². The molecule has 0 radical (unpaired) electrons. The van der Waals surface area contributed by atoms with E-state index in [0.29, 0.717) is 12.8 Å². The van der Waals surface area contributed by atoms with Gasteiger partial charge >= 0.3 is 5.97 Å². The molecule has 114 valence electrons. The van der Waals surface area contributed by atoms with Crippen molar-refractivity contribution in [3.05, 3.63) is 35.4 Å². The maximum Gasteiger partial charge on any atom is 0.307 e. The van der Waals surface area contributed by atoms with Crippen LogP contribution in [0, 0.1) is 24.7 Å². The molecule has 0 heterocycles. The minimum absolute atomic E-state index is 0.108. The van der Waals surface area contributed by atoms with Crippen LogP contribution in [0.5, 0.6) is 0 Å². The lowest BCUT2D eigenvalue weighted by Gasteiger charge is -2.20. The van der Waals surface area contributed by atoms with Gasteiger partial charge in [0.05, 0.1) is 17.9 Å². The molecule has 4 heteroatoms. The van der Waals surface area contributed by atoms with E-state index >= 15 is 0 Å². The second kappa shape index (κ2) is 6.29. The summed E-state index contributed by atoms with van der Waals surface area (Å²) in [6.07, 6.45) is 1.25. The van der Waals surface area contributed by atoms with Gasteiger partial charge in [-0.05, 0) is 38.2 Å². The van der Waals surface area contributed by atoms with Crippen molar-refractivity contribution in [1.82, 2.24) is 5.32 Å². The van der Waals surface area contributed by atoms with E-state index in [4.69, 9.17) is 0 Å². The lowest BCUT2D eigenvalue weighted by atomic mass is 9.94. The van der Waals surface area contributed by atoms with Gasteiger partial charge in [0.1, 0.15) is 0 Å². The van der Waals surface area contributed by atoms with Crippen molar-refractivity contribution in [3.8, 4) is 0 Å². The van der Waals surface area contributed by atoms with Gasteiger partial charge < -0.3 is 10.4 Å². The number of aliphatic carboxylic acids is 1. The van der Waals surface area contributed by atoms with Crippen LogP contribution in [0.3, 0.4) is 0 Å². The highest BCUT2D eigenvalue weighted by Crippen LogP contribution is 2.36. The topological polar surface area (TPSA) is 66.4 Å². The first-order valence-corrected chi connectivity index (χ1v) is 7.48. The third kappa shape index (κ3) is 3.63. The highest BCUT2D eigenvalue weighted by atomic mass is 16.4. The van der Waals surface area contributed by atoms with Gasteiger partial charge in [-0.2, -0.15) is 0 Å². The summed E-state index contributed by atoms with van der Waals surface area (Å²) >= 11 is 0. The summed E-state index contributed by atoms with van der Waals surface area (Å²) in [5, 5.41) is 12.2. The molecule has 0 saturated heterocycles. The van der Waals surface area contributed by atoms with Crippen molar-refractivity contribution >= 4 is 11.9 Å². The average molecular weight is 289 g/mol. The predicted molar refractivity (Wildman–Crippen MR) is 80.8 cm³/mol. The number of carbonyl (C=O) groups is 2. The number of carboxylic acids is 1. The Labute approximate surface area is 125 Å². The van der Waals surface area contributed by atoms with Crippen LogP contribution in [0.1, 0.15) is 43.9 Å². The first-order valence-electron chi connectivity index (χ1n) is 7.48. The van der Waals surface area contributed by atoms with Gasteiger partial charge in [-0.3, -0.25) is 9.59 Å². The van der Waals surface area contributed by atoms with Crippen molar-refractivity contribution < 1.29 is 14.7 Å². The quantitative estimate of drug-likeness (QED) is 0.895. The molecular formula is C17H23NO3. The van der Waals surface area contributed by atoms with Gasteiger partial charge in [0.2, 0.25) is 5.91 Å². The number of hydrogen-bond donors (Lipinski definition) is 2. The average Bonchev–Trinajstić information content (AvgIpc) is 2.82. The zero-order valence-electron chi connectivity index (χ0n) is 12.8. The second-order valence-electron chi connectivity index (χ2n) is 6.27. The van der Waals surface area contributed by atoms with Crippen molar-refractivity contribution in [2.24, 2.45) is 17.8 Å². The summed E-state index contributed by atoms with van der Waals surface area (Å²) < 4.78 is 0. The van der Waals surface area contributed by atoms with Crippen molar-refractivity contribution in [2.45, 2.75) is 39.7 Å². The molecule has 0 aromatic heterocycles. The molecule has 1 saturated carbocycles. The fourth-order valence-electron chi connectivity index (χ4n) is 3.11. The predicted octanol–water partition coefficient (Wildman–Crippen LogP) is 2.92. The highest BCUT2D eigenvalue weighted by molar-refractivity contribution is 5.85. The number of carboxylic acid groups (broad SMARTS) is 1. The standard InChI is InChI=1S/C17H23NO3/c1-10-4-6-13(7-5-10)12(3)18-16(19)14-8-11(2)9-15(14)17(20)21/h4-7,11-12,14-15H,8-9H2,1-3H3,(H,18,19)(H,20,21)/t11?,12-,14-,15+/m0/s1. The summed E-state index contributed by atoms with van der Waals surface area (Å²) in [5.74, 6) is -1.67. The SMILES string of the molecule is Cc1ccc([C@H](C)NC(=O)[C@H]2CC(C)C[C@H]2C(=O)O)cc1. The van der Waals surface area contributed by atoms with Gasteiger partial charge in [-0.15, -0.1) is 0 Å². The number of carbonyl (C=O) groups excluding carboxylic acids is 1. The number of aryl methyl sites for hydroxylation is 1. The Morgan fingerprint density at radius 3 is 2.33 bits per heavy atom. The largest absolute Gasteiger partial charge is 0.481 e. The Balaban J connectivity index is 2.03. The van der Waals surface area contributed by atoms with Crippen LogP contribution >= 0.6 is 0 Å². The number of amides is 1. The lowest BCUT2D eigenvalue weighted by Crippen LogP contribution is -2.36. The van der Waals surface area contributed by atoms with Crippen LogP contribution in [0.25, 0.3) is 0 Å². The van der Waals surface area contributed by atoms with Gasteiger partial charge in [0, 0.05) is 0 Å². The minimum atomic E-state index is -0.859. The van der Waals surface area contributed by atoms with Crippen LogP contribution in [0.2, 0.25) is 0 Å². The molecule has 1 aliphatic rings. The maximum atomic E-state index is 12.4. The van der Waals surface area contributed by atoms with E-state index in [0.717, 1.165) is 5.56 Å². The zero-order valence-corrected chi connectivity index (χ0v) is 12.8. The Morgan fingerprint density at radius 2 is 1.76 bits per heavy atom. The molecule has 1 amide bonds. The van der Waals surface area contributed by atoms with Crippen molar-refractivity contribution in [1.29, 1.82) is 0 Å². The fraction of sp³-hybridized carbons (Fsp3) is 0.529. The smallest absolute Gasteiger partial charge is 0.307 e. The Hall–Kier alpha value is -1.84. The summed E-state index contributed by atoms with van der Waals surface area (Å²) in [6.45, 7) is 5.95. The van der Waals surface area contributed by atoms with Crippen LogP contribution in [0.15, 0.2) is 24.3 Å². The van der Waals surface area contributed by atoms with Gasteiger partial charge in [0.15, 0.2) is 0 Å². The minimum Gasteiger partial charge on any atom is -0.481 e. The molecule has 1 aliphatic carbocycles. The van der Waals surface area contributed by atoms with E-state index in [9.17, 15) is 14.7 Å². The normalized spacial score (nSPS) is 26.3. The summed E-state index contributed by atoms with van der Waals surface area (Å²) in [5.41, 5.74) is 2.21.